The minimum atomic E-state index is 0.0405. The maximum absolute atomic E-state index is 6.00. The van der Waals surface area contributed by atoms with Gasteiger partial charge in [-0.2, -0.15) is 0 Å². The SMILES string of the molecule is S=C1C(=CC2=Cc3sc4c(sc5c6sc(C=C7C(=S)c8ccccc8C7=S)cc6sc45)c3C23CCCCC3)C(=S)c2ccccc21. The smallest absolute Gasteiger partial charge is 0.0651 e. The molecule has 10 rings (SSSR count). The van der Waals surface area contributed by atoms with Crippen molar-refractivity contribution in [2.75, 3.05) is 0 Å². The first-order valence-corrected chi connectivity index (χ1v) is 20.3. The van der Waals surface area contributed by atoms with E-state index in [0.29, 0.717) is 0 Å². The standard InChI is InChI=1S/C38H22S8/c39-29-20-8-2-3-9-21(20)30(40)24(29)14-18-15-26-28(38(18)12-6-1-7-13-38)34-36(44-26)37-35(46-34)33-27(45-37)17-19(43-33)16-25-31(41)22-10-4-5-11-23(22)32(25)42/h2-5,8-11,14-17H,1,6-7,12-13H2. The van der Waals surface area contributed by atoms with Gasteiger partial charge in [-0.05, 0) is 48.3 Å². The van der Waals surface area contributed by atoms with Gasteiger partial charge >= 0.3 is 0 Å². The third-order valence-corrected chi connectivity index (χ3v) is 17.1. The van der Waals surface area contributed by atoms with Crippen LogP contribution in [0, 0.1) is 0 Å². The number of allylic oxidation sites excluding steroid dienone is 4. The molecule has 1 saturated carbocycles. The van der Waals surface area contributed by atoms with Gasteiger partial charge in [-0.1, -0.05) is 117 Å². The number of benzene rings is 2. The molecule has 0 saturated heterocycles. The van der Waals surface area contributed by atoms with Crippen molar-refractivity contribution in [1.82, 2.24) is 0 Å². The quantitative estimate of drug-likeness (QED) is 0.128. The molecule has 1 spiro atoms. The van der Waals surface area contributed by atoms with Crippen LogP contribution in [0.1, 0.15) is 69.7 Å². The van der Waals surface area contributed by atoms with Crippen LogP contribution in [0.5, 0.6) is 0 Å². The molecule has 0 atom stereocenters. The first-order chi connectivity index (χ1) is 22.4. The molecule has 1 fully saturated rings. The lowest BCUT2D eigenvalue weighted by Crippen LogP contribution is -2.28. The van der Waals surface area contributed by atoms with E-state index in [1.54, 1.807) is 5.56 Å². The summed E-state index contributed by atoms with van der Waals surface area (Å²) in [5.41, 5.74) is 9.49. The predicted molar refractivity (Wildman–Crippen MR) is 219 cm³/mol. The van der Waals surface area contributed by atoms with Gasteiger partial charge < -0.3 is 0 Å². The van der Waals surface area contributed by atoms with E-state index in [1.807, 2.05) is 57.5 Å². The van der Waals surface area contributed by atoms with Crippen LogP contribution < -0.4 is 0 Å². The minimum absolute atomic E-state index is 0.0405. The van der Waals surface area contributed by atoms with E-state index in [1.165, 1.54) is 75.6 Å². The van der Waals surface area contributed by atoms with Crippen molar-refractivity contribution in [3.8, 4) is 0 Å². The Kier molecular flexibility index (Phi) is 6.40. The van der Waals surface area contributed by atoms with Crippen molar-refractivity contribution < 1.29 is 0 Å². The van der Waals surface area contributed by atoms with Crippen LogP contribution in [0.25, 0.3) is 40.4 Å². The molecule has 0 amide bonds. The highest BCUT2D eigenvalue weighted by molar-refractivity contribution is 7.84. The van der Waals surface area contributed by atoms with Gasteiger partial charge in [0.1, 0.15) is 0 Å². The van der Waals surface area contributed by atoms with Crippen molar-refractivity contribution in [2.45, 2.75) is 37.5 Å². The van der Waals surface area contributed by atoms with Gasteiger partial charge in [0.25, 0.3) is 0 Å². The summed E-state index contributed by atoms with van der Waals surface area (Å²) >= 11 is 31.6. The highest BCUT2D eigenvalue weighted by atomic mass is 32.1. The first kappa shape index (κ1) is 28.6. The molecule has 0 N–H and O–H groups in total. The lowest BCUT2D eigenvalue weighted by Gasteiger charge is -2.36. The van der Waals surface area contributed by atoms with Crippen LogP contribution in [0.4, 0.5) is 0 Å². The van der Waals surface area contributed by atoms with Gasteiger partial charge in [0.2, 0.25) is 0 Å². The number of hydrogen-bond acceptors (Lipinski definition) is 8. The van der Waals surface area contributed by atoms with Crippen molar-refractivity contribution in [2.24, 2.45) is 0 Å². The molecule has 0 radical (unpaired) electrons. The molecule has 0 unspecified atom stereocenters. The van der Waals surface area contributed by atoms with E-state index in [4.69, 9.17) is 48.9 Å². The molecule has 222 valence electrons. The van der Waals surface area contributed by atoms with E-state index >= 15 is 0 Å². The normalized spacial score (nSPS) is 18.4. The predicted octanol–water partition coefficient (Wildman–Crippen LogP) is 12.6. The zero-order chi connectivity index (χ0) is 30.9. The third kappa shape index (κ3) is 3.84. The van der Waals surface area contributed by atoms with Crippen LogP contribution in [0.2, 0.25) is 0 Å². The topological polar surface area (TPSA) is 0 Å². The second kappa shape index (κ2) is 10.3. The second-order valence-electron chi connectivity index (χ2n) is 12.5. The Balaban J connectivity index is 1.08. The van der Waals surface area contributed by atoms with Crippen LogP contribution in [-0.4, -0.2) is 19.5 Å². The van der Waals surface area contributed by atoms with E-state index in [-0.39, 0.29) is 5.41 Å². The van der Waals surface area contributed by atoms with Gasteiger partial charge in [0, 0.05) is 53.3 Å². The zero-order valence-corrected chi connectivity index (χ0v) is 30.8. The summed E-state index contributed by atoms with van der Waals surface area (Å²) in [7, 11) is 0. The highest BCUT2D eigenvalue weighted by Crippen LogP contribution is 2.61. The zero-order valence-electron chi connectivity index (χ0n) is 24.2. The van der Waals surface area contributed by atoms with Crippen LogP contribution in [-0.2, 0) is 5.41 Å². The summed E-state index contributed by atoms with van der Waals surface area (Å²) in [5.74, 6) is 0. The van der Waals surface area contributed by atoms with Crippen molar-refractivity contribution in [3.63, 3.8) is 0 Å². The fraction of sp³-hybridized carbons (Fsp3) is 0.158. The average Bonchev–Trinajstić information content (AvgIpc) is 3.91. The fourth-order valence-electron chi connectivity index (χ4n) is 7.94. The molecule has 0 aliphatic heterocycles. The Bertz CT molecular complexity index is 2450. The molecule has 8 heteroatoms. The molecule has 2 aromatic carbocycles. The van der Waals surface area contributed by atoms with Crippen molar-refractivity contribution in [1.29, 1.82) is 0 Å². The van der Waals surface area contributed by atoms with Gasteiger partial charge in [0.05, 0.1) is 43.0 Å². The summed E-state index contributed by atoms with van der Waals surface area (Å²) in [6, 6.07) is 18.9. The molecule has 6 aromatic rings. The number of rotatable bonds is 2. The average molecular weight is 735 g/mol. The molecule has 4 aliphatic rings. The third-order valence-electron chi connectivity index (χ3n) is 10.1. The van der Waals surface area contributed by atoms with E-state index in [0.717, 1.165) is 52.9 Å². The van der Waals surface area contributed by atoms with Crippen LogP contribution in [0.15, 0.2) is 77.4 Å². The van der Waals surface area contributed by atoms with Crippen molar-refractivity contribution in [3.05, 3.63) is 115 Å². The van der Waals surface area contributed by atoms with Gasteiger partial charge in [-0.25, -0.2) is 0 Å². The number of thiophene rings is 4. The van der Waals surface area contributed by atoms with Gasteiger partial charge in [-0.3, -0.25) is 0 Å². The highest BCUT2D eigenvalue weighted by Gasteiger charge is 2.45. The number of thiocarbonyl (C=S) groups is 4. The van der Waals surface area contributed by atoms with E-state index in [9.17, 15) is 0 Å². The lowest BCUT2D eigenvalue weighted by atomic mass is 9.67. The molecule has 0 nitrogen and oxygen atoms in total. The van der Waals surface area contributed by atoms with Gasteiger partial charge in [0.15, 0.2) is 0 Å². The summed E-state index contributed by atoms with van der Waals surface area (Å²) < 4.78 is 8.61. The lowest BCUT2D eigenvalue weighted by molar-refractivity contribution is 0.353. The molecule has 4 aromatic heterocycles. The summed E-state index contributed by atoms with van der Waals surface area (Å²) in [4.78, 5) is 6.20. The van der Waals surface area contributed by atoms with Crippen molar-refractivity contribution >= 4 is 154 Å². The molecule has 4 heterocycles. The Morgan fingerprint density at radius 2 is 1.11 bits per heavy atom. The summed E-state index contributed by atoms with van der Waals surface area (Å²) in [6.45, 7) is 0. The van der Waals surface area contributed by atoms with Crippen LogP contribution in [0.3, 0.4) is 0 Å². The Morgan fingerprint density at radius 1 is 0.565 bits per heavy atom. The molecule has 46 heavy (non-hydrogen) atoms. The minimum Gasteiger partial charge on any atom is -0.133 e. The monoisotopic (exact) mass is 734 g/mol. The molecular weight excluding hydrogens is 713 g/mol. The molecule has 4 aliphatic carbocycles. The second-order valence-corrected chi connectivity index (χ2v) is 18.3. The Hall–Kier alpha value is -2.40. The molecular formula is C38H22S8. The summed E-state index contributed by atoms with van der Waals surface area (Å²) in [5, 5.41) is 0. The first-order valence-electron chi connectivity index (χ1n) is 15.4. The Morgan fingerprint density at radius 3 is 1.72 bits per heavy atom. The summed E-state index contributed by atoms with van der Waals surface area (Å²) in [6.07, 6.45) is 13.3. The molecule has 0 bridgehead atoms. The van der Waals surface area contributed by atoms with E-state index in [2.05, 4.69) is 60.7 Å². The maximum Gasteiger partial charge on any atom is 0.0651 e. The largest absolute Gasteiger partial charge is 0.133 e. The van der Waals surface area contributed by atoms with E-state index < -0.39 is 0 Å². The van der Waals surface area contributed by atoms with Crippen LogP contribution >= 0.6 is 94.2 Å². The maximum atomic E-state index is 6.00. The number of fused-ring (bicyclic) bond motifs is 10. The van der Waals surface area contributed by atoms with Gasteiger partial charge in [-0.15, -0.1) is 45.3 Å². The number of hydrogen-bond donors (Lipinski definition) is 0. The Labute approximate surface area is 303 Å². The fourth-order valence-corrected chi connectivity index (χ4v) is 15.4.